The minimum atomic E-state index is -0.278. The average molecular weight is 374 g/mol. The molecule has 2 heterocycles. The normalized spacial score (nSPS) is 21.4. The van der Waals surface area contributed by atoms with Gasteiger partial charge >= 0.3 is 0 Å². The summed E-state index contributed by atoms with van der Waals surface area (Å²) in [6.45, 7) is 4.45. The molecule has 2 aliphatic heterocycles. The summed E-state index contributed by atoms with van der Waals surface area (Å²) in [7, 11) is 0. The van der Waals surface area contributed by atoms with Crippen molar-refractivity contribution in [2.45, 2.75) is 25.4 Å². The summed E-state index contributed by atoms with van der Waals surface area (Å²) < 4.78 is 0. The maximum absolute atomic E-state index is 13.0. The summed E-state index contributed by atoms with van der Waals surface area (Å²) in [6.07, 6.45) is 2.97. The lowest BCUT2D eigenvalue weighted by molar-refractivity contribution is -0.132. The number of hydrogen-bond donors (Lipinski definition) is 0. The minimum absolute atomic E-state index is 0.0605. The van der Waals surface area contributed by atoms with Crippen LogP contribution in [0, 0.1) is 5.92 Å². The number of fused-ring (bicyclic) bond motifs is 1. The molecule has 142 valence electrons. The topological polar surface area (TPSA) is 57.7 Å². The van der Waals surface area contributed by atoms with Crippen molar-refractivity contribution >= 4 is 17.7 Å². The third-order valence-electron chi connectivity index (χ3n) is 5.55. The second kappa shape index (κ2) is 7.43. The molecule has 1 fully saturated rings. The predicted molar refractivity (Wildman–Crippen MR) is 106 cm³/mol. The van der Waals surface area contributed by atoms with Crippen molar-refractivity contribution in [1.82, 2.24) is 9.80 Å². The Labute approximate surface area is 164 Å². The van der Waals surface area contributed by atoms with Crippen LogP contribution in [0.25, 0.3) is 0 Å². The van der Waals surface area contributed by atoms with E-state index in [1.54, 1.807) is 30.3 Å². The molecule has 0 aromatic heterocycles. The number of nitrogens with zero attached hydrogens (tertiary/aromatic N) is 2. The van der Waals surface area contributed by atoms with Gasteiger partial charge in [-0.15, -0.1) is 6.58 Å². The Hall–Kier alpha value is -3.21. The quantitative estimate of drug-likeness (QED) is 0.576. The van der Waals surface area contributed by atoms with Crippen LogP contribution in [0.4, 0.5) is 0 Å². The van der Waals surface area contributed by atoms with Gasteiger partial charge in [0, 0.05) is 19.0 Å². The molecule has 0 saturated carbocycles. The standard InChI is InChI=1S/C23H22N2O3/c1-2-8-17-13-18(24(21(17)26)14-16-9-4-3-5-10-16)15-25-22(27)19-11-6-7-12-20(19)23(25)28/h2-7,9-12,17-18H,1,8,13-15H2/t17-,18+/m1/s1. The number of imide groups is 1. The van der Waals surface area contributed by atoms with Crippen LogP contribution in [0.2, 0.25) is 0 Å². The van der Waals surface area contributed by atoms with Gasteiger partial charge in [0.05, 0.1) is 17.2 Å². The van der Waals surface area contributed by atoms with Crippen molar-refractivity contribution in [3.05, 3.63) is 83.9 Å². The highest BCUT2D eigenvalue weighted by molar-refractivity contribution is 6.21. The maximum atomic E-state index is 13.0. The summed E-state index contributed by atoms with van der Waals surface area (Å²) in [5, 5.41) is 0. The van der Waals surface area contributed by atoms with Gasteiger partial charge in [0.1, 0.15) is 0 Å². The van der Waals surface area contributed by atoms with Crippen molar-refractivity contribution in [1.29, 1.82) is 0 Å². The Balaban J connectivity index is 1.58. The number of benzene rings is 2. The van der Waals surface area contributed by atoms with Crippen molar-refractivity contribution < 1.29 is 14.4 Å². The molecule has 1 saturated heterocycles. The van der Waals surface area contributed by atoms with Gasteiger partial charge in [0.2, 0.25) is 5.91 Å². The van der Waals surface area contributed by atoms with Gasteiger partial charge in [-0.1, -0.05) is 48.5 Å². The molecule has 28 heavy (non-hydrogen) atoms. The van der Waals surface area contributed by atoms with Crippen molar-refractivity contribution in [2.24, 2.45) is 5.92 Å². The molecule has 5 heteroatoms. The Bertz CT molecular complexity index is 903. The zero-order valence-corrected chi connectivity index (χ0v) is 15.6. The van der Waals surface area contributed by atoms with Crippen LogP contribution in [-0.2, 0) is 11.3 Å². The molecule has 0 radical (unpaired) electrons. The molecular formula is C23H22N2O3. The fraction of sp³-hybridized carbons (Fsp3) is 0.261. The molecule has 2 aliphatic rings. The van der Waals surface area contributed by atoms with Gasteiger partial charge in [-0.2, -0.15) is 0 Å². The van der Waals surface area contributed by atoms with E-state index in [2.05, 4.69) is 6.58 Å². The van der Waals surface area contributed by atoms with E-state index in [0.717, 1.165) is 5.56 Å². The third kappa shape index (κ3) is 3.13. The van der Waals surface area contributed by atoms with Gasteiger partial charge in [-0.05, 0) is 30.5 Å². The number of likely N-dealkylation sites (tertiary alicyclic amines) is 1. The van der Waals surface area contributed by atoms with Gasteiger partial charge < -0.3 is 4.90 Å². The lowest BCUT2D eigenvalue weighted by atomic mass is 10.0. The first-order chi connectivity index (χ1) is 13.6. The fourth-order valence-corrected chi connectivity index (χ4v) is 4.15. The zero-order valence-electron chi connectivity index (χ0n) is 15.6. The van der Waals surface area contributed by atoms with E-state index in [0.29, 0.717) is 30.5 Å². The monoisotopic (exact) mass is 374 g/mol. The Kier molecular flexibility index (Phi) is 4.82. The molecule has 2 aromatic carbocycles. The number of carbonyl (C=O) groups excluding carboxylic acids is 3. The number of amides is 3. The molecule has 5 nitrogen and oxygen atoms in total. The van der Waals surface area contributed by atoms with E-state index < -0.39 is 0 Å². The highest BCUT2D eigenvalue weighted by Gasteiger charge is 2.43. The van der Waals surface area contributed by atoms with E-state index in [9.17, 15) is 14.4 Å². The molecule has 4 rings (SSSR count). The molecule has 0 N–H and O–H groups in total. The van der Waals surface area contributed by atoms with E-state index in [1.807, 2.05) is 35.2 Å². The molecule has 0 unspecified atom stereocenters. The van der Waals surface area contributed by atoms with Gasteiger partial charge in [0.15, 0.2) is 0 Å². The van der Waals surface area contributed by atoms with Crippen LogP contribution >= 0.6 is 0 Å². The lowest BCUT2D eigenvalue weighted by Crippen LogP contribution is -2.43. The summed E-state index contributed by atoms with van der Waals surface area (Å²) >= 11 is 0. The number of carbonyl (C=O) groups is 3. The van der Waals surface area contributed by atoms with Crippen LogP contribution in [0.1, 0.15) is 39.1 Å². The zero-order chi connectivity index (χ0) is 19.7. The van der Waals surface area contributed by atoms with Crippen molar-refractivity contribution in [2.75, 3.05) is 6.54 Å². The summed E-state index contributed by atoms with van der Waals surface area (Å²) in [4.78, 5) is 41.5. The first kappa shape index (κ1) is 18.2. The highest BCUT2D eigenvalue weighted by atomic mass is 16.2. The Morgan fingerprint density at radius 3 is 2.14 bits per heavy atom. The number of allylic oxidation sites excluding steroid dienone is 1. The average Bonchev–Trinajstić information content (AvgIpc) is 3.13. The smallest absolute Gasteiger partial charge is 0.261 e. The van der Waals surface area contributed by atoms with Crippen LogP contribution in [-0.4, -0.2) is 40.1 Å². The second-order valence-electron chi connectivity index (χ2n) is 7.33. The number of hydrogen-bond acceptors (Lipinski definition) is 3. The van der Waals surface area contributed by atoms with Crippen LogP contribution in [0.3, 0.4) is 0 Å². The van der Waals surface area contributed by atoms with Gasteiger partial charge in [-0.3, -0.25) is 19.3 Å². The van der Waals surface area contributed by atoms with E-state index >= 15 is 0 Å². The molecule has 3 amide bonds. The second-order valence-corrected chi connectivity index (χ2v) is 7.33. The SMILES string of the molecule is C=CC[C@@H]1C[C@@H](CN2C(=O)c3ccccc3C2=O)N(Cc2ccccc2)C1=O. The molecule has 0 spiro atoms. The Morgan fingerprint density at radius 1 is 0.929 bits per heavy atom. The first-order valence-electron chi connectivity index (χ1n) is 9.50. The minimum Gasteiger partial charge on any atom is -0.333 e. The Morgan fingerprint density at radius 2 is 1.54 bits per heavy atom. The fourth-order valence-electron chi connectivity index (χ4n) is 4.15. The van der Waals surface area contributed by atoms with Gasteiger partial charge in [0.25, 0.3) is 11.8 Å². The summed E-state index contributed by atoms with van der Waals surface area (Å²) in [6, 6.07) is 16.5. The molecule has 0 aliphatic carbocycles. The first-order valence-corrected chi connectivity index (χ1v) is 9.50. The molecule has 0 bridgehead atoms. The largest absolute Gasteiger partial charge is 0.333 e. The highest BCUT2D eigenvalue weighted by Crippen LogP contribution is 2.32. The van der Waals surface area contributed by atoms with Crippen LogP contribution in [0.15, 0.2) is 67.3 Å². The van der Waals surface area contributed by atoms with E-state index in [4.69, 9.17) is 0 Å². The van der Waals surface area contributed by atoms with Crippen LogP contribution < -0.4 is 0 Å². The maximum Gasteiger partial charge on any atom is 0.261 e. The summed E-state index contributed by atoms with van der Waals surface area (Å²) in [5.41, 5.74) is 1.91. The predicted octanol–water partition coefficient (Wildman–Crippen LogP) is 3.28. The van der Waals surface area contributed by atoms with E-state index in [1.165, 1.54) is 4.90 Å². The summed E-state index contributed by atoms with van der Waals surface area (Å²) in [5.74, 6) is -0.647. The molecule has 2 aromatic rings. The van der Waals surface area contributed by atoms with E-state index in [-0.39, 0.29) is 36.2 Å². The lowest BCUT2D eigenvalue weighted by Gasteiger charge is -2.28. The van der Waals surface area contributed by atoms with Crippen LogP contribution in [0.5, 0.6) is 0 Å². The van der Waals surface area contributed by atoms with Gasteiger partial charge in [-0.25, -0.2) is 0 Å². The number of rotatable bonds is 6. The molecular weight excluding hydrogens is 352 g/mol. The third-order valence-corrected chi connectivity index (χ3v) is 5.55. The molecule has 2 atom stereocenters. The van der Waals surface area contributed by atoms with Crippen molar-refractivity contribution in [3.8, 4) is 0 Å². The van der Waals surface area contributed by atoms with Crippen molar-refractivity contribution in [3.63, 3.8) is 0 Å².